The van der Waals surface area contributed by atoms with Crippen LogP contribution in [-0.4, -0.2) is 24.9 Å². The smallest absolute Gasteiger partial charge is 0.252 e. The maximum Gasteiger partial charge on any atom is 0.252 e. The van der Waals surface area contributed by atoms with Crippen molar-refractivity contribution >= 4 is 34.4 Å². The van der Waals surface area contributed by atoms with Crippen LogP contribution in [0.1, 0.15) is 35.7 Å². The van der Waals surface area contributed by atoms with Crippen LogP contribution in [0, 0.1) is 10.5 Å². The van der Waals surface area contributed by atoms with Crippen LogP contribution in [0.4, 0.5) is 0 Å². The molecule has 19 heavy (non-hydrogen) atoms. The monoisotopic (exact) mass is 374 g/mol. The van der Waals surface area contributed by atoms with Gasteiger partial charge < -0.3 is 10.6 Å². The summed E-state index contributed by atoms with van der Waals surface area (Å²) in [6, 6.07) is 5.62. The van der Waals surface area contributed by atoms with E-state index >= 15 is 0 Å². The van der Waals surface area contributed by atoms with Crippen molar-refractivity contribution in [3.8, 4) is 0 Å². The first-order valence-electron chi connectivity index (χ1n) is 6.36. The Morgan fingerprint density at radius 3 is 2.63 bits per heavy atom. The zero-order valence-corrected chi connectivity index (χ0v) is 13.4. The first-order valence-corrected chi connectivity index (χ1v) is 7.44. The van der Waals surface area contributed by atoms with E-state index < -0.39 is 0 Å². The van der Waals surface area contributed by atoms with E-state index in [1.807, 2.05) is 26.0 Å². The van der Waals surface area contributed by atoms with Gasteiger partial charge in [-0.25, -0.2) is 0 Å². The summed E-state index contributed by atoms with van der Waals surface area (Å²) in [7, 11) is 0. The van der Waals surface area contributed by atoms with Crippen LogP contribution in [0.2, 0.25) is 0 Å². The van der Waals surface area contributed by atoms with Gasteiger partial charge in [0, 0.05) is 23.1 Å². The highest BCUT2D eigenvalue weighted by molar-refractivity contribution is 14.1. The molecule has 0 fully saturated rings. The number of rotatable bonds is 6. The summed E-state index contributed by atoms with van der Waals surface area (Å²) in [5.41, 5.74) is 1.74. The number of benzene rings is 1. The van der Waals surface area contributed by atoms with Gasteiger partial charge in [-0.05, 0) is 47.6 Å². The Hall–Kier alpha value is -1.11. The Morgan fingerprint density at radius 1 is 1.21 bits per heavy atom. The number of aryl methyl sites for hydroxylation is 1. The first kappa shape index (κ1) is 15.9. The molecule has 0 heterocycles. The zero-order chi connectivity index (χ0) is 14.3. The second-order valence-corrected chi connectivity index (χ2v) is 5.37. The number of hydrogen-bond acceptors (Lipinski definition) is 2. The molecule has 2 amide bonds. The molecule has 1 aromatic rings. The fraction of sp³-hybridized carbons (Fsp3) is 0.429. The fourth-order valence-corrected chi connectivity index (χ4v) is 2.16. The summed E-state index contributed by atoms with van der Waals surface area (Å²) in [5.74, 6) is -0.155. The van der Waals surface area contributed by atoms with Gasteiger partial charge in [0.1, 0.15) is 0 Å². The highest BCUT2D eigenvalue weighted by Crippen LogP contribution is 2.16. The number of carbonyl (C=O) groups is 2. The van der Waals surface area contributed by atoms with Crippen molar-refractivity contribution in [3.63, 3.8) is 0 Å². The van der Waals surface area contributed by atoms with Crippen LogP contribution in [0.5, 0.6) is 0 Å². The molecular formula is C14H19IN2O2. The molecular weight excluding hydrogens is 355 g/mol. The Morgan fingerprint density at radius 2 is 1.95 bits per heavy atom. The minimum Gasteiger partial charge on any atom is -0.356 e. The predicted molar refractivity (Wildman–Crippen MR) is 84.1 cm³/mol. The summed E-state index contributed by atoms with van der Waals surface area (Å²) >= 11 is 2.16. The van der Waals surface area contributed by atoms with Crippen LogP contribution < -0.4 is 10.6 Å². The predicted octanol–water partition coefficient (Wildman–Crippen LogP) is 2.25. The average Bonchev–Trinajstić information content (AvgIpc) is 2.39. The zero-order valence-electron chi connectivity index (χ0n) is 11.3. The molecule has 1 rings (SSSR count). The first-order chi connectivity index (χ1) is 9.06. The summed E-state index contributed by atoms with van der Waals surface area (Å²) in [5, 5.41) is 5.54. The second kappa shape index (κ2) is 8.14. The molecule has 2 N–H and O–H groups in total. The molecule has 0 aliphatic carbocycles. The van der Waals surface area contributed by atoms with Crippen LogP contribution in [0.15, 0.2) is 18.2 Å². The van der Waals surface area contributed by atoms with Gasteiger partial charge in [0.2, 0.25) is 5.91 Å². The third kappa shape index (κ3) is 5.18. The van der Waals surface area contributed by atoms with E-state index in [0.29, 0.717) is 25.1 Å². The van der Waals surface area contributed by atoms with Gasteiger partial charge in [0.15, 0.2) is 0 Å². The van der Waals surface area contributed by atoms with Crippen molar-refractivity contribution in [3.05, 3.63) is 32.9 Å². The largest absolute Gasteiger partial charge is 0.356 e. The number of halogens is 1. The molecule has 0 unspecified atom stereocenters. The van der Waals surface area contributed by atoms with E-state index in [1.165, 1.54) is 0 Å². The normalized spacial score (nSPS) is 10.1. The van der Waals surface area contributed by atoms with Gasteiger partial charge in [-0.3, -0.25) is 9.59 Å². The lowest BCUT2D eigenvalue weighted by Crippen LogP contribution is -2.31. The standard InChI is InChI=1S/C14H19IN2O2/c1-3-8-16-12(18)7-9-17-14(19)11-6-4-5-10(2)13(11)15/h4-6H,3,7-9H2,1-2H3,(H,16,18)(H,17,19). The highest BCUT2D eigenvalue weighted by atomic mass is 127. The van der Waals surface area contributed by atoms with Crippen molar-refractivity contribution in [1.82, 2.24) is 10.6 Å². The fourth-order valence-electron chi connectivity index (χ4n) is 1.56. The Bertz CT molecular complexity index is 461. The molecule has 1 aromatic carbocycles. The van der Waals surface area contributed by atoms with E-state index in [-0.39, 0.29) is 11.8 Å². The molecule has 0 radical (unpaired) electrons. The lowest BCUT2D eigenvalue weighted by molar-refractivity contribution is -0.120. The molecule has 0 aliphatic rings. The number of carbonyl (C=O) groups excluding carboxylic acids is 2. The molecule has 0 atom stereocenters. The Kier molecular flexibility index (Phi) is 6.83. The Balaban J connectivity index is 2.43. The quantitative estimate of drug-likeness (QED) is 0.751. The molecule has 5 heteroatoms. The van der Waals surface area contributed by atoms with Crippen LogP contribution >= 0.6 is 22.6 Å². The average molecular weight is 374 g/mol. The molecule has 0 spiro atoms. The van der Waals surface area contributed by atoms with E-state index in [0.717, 1.165) is 15.6 Å². The molecule has 0 aromatic heterocycles. The molecule has 0 bridgehead atoms. The van der Waals surface area contributed by atoms with Crippen molar-refractivity contribution in [1.29, 1.82) is 0 Å². The van der Waals surface area contributed by atoms with E-state index in [1.54, 1.807) is 6.07 Å². The Labute approximate surface area is 127 Å². The molecule has 0 saturated heterocycles. The van der Waals surface area contributed by atoms with Gasteiger partial charge in [0.05, 0.1) is 5.56 Å². The van der Waals surface area contributed by atoms with Crippen molar-refractivity contribution in [2.75, 3.05) is 13.1 Å². The minimum absolute atomic E-state index is 0.0268. The molecule has 0 aliphatic heterocycles. The summed E-state index contributed by atoms with van der Waals surface area (Å²) in [6.45, 7) is 5.01. The van der Waals surface area contributed by atoms with Crippen LogP contribution in [0.25, 0.3) is 0 Å². The number of hydrogen-bond donors (Lipinski definition) is 2. The third-order valence-corrected chi connectivity index (χ3v) is 4.08. The van der Waals surface area contributed by atoms with E-state index in [4.69, 9.17) is 0 Å². The van der Waals surface area contributed by atoms with Gasteiger partial charge >= 0.3 is 0 Å². The summed E-state index contributed by atoms with van der Waals surface area (Å²) in [6.07, 6.45) is 1.23. The summed E-state index contributed by atoms with van der Waals surface area (Å²) in [4.78, 5) is 23.3. The van der Waals surface area contributed by atoms with Gasteiger partial charge in [-0.2, -0.15) is 0 Å². The third-order valence-electron chi connectivity index (χ3n) is 2.65. The summed E-state index contributed by atoms with van der Waals surface area (Å²) < 4.78 is 0.952. The molecule has 104 valence electrons. The van der Waals surface area contributed by atoms with E-state index in [2.05, 4.69) is 33.2 Å². The van der Waals surface area contributed by atoms with Gasteiger partial charge in [-0.1, -0.05) is 19.1 Å². The van der Waals surface area contributed by atoms with Crippen molar-refractivity contribution < 1.29 is 9.59 Å². The topological polar surface area (TPSA) is 58.2 Å². The van der Waals surface area contributed by atoms with Crippen molar-refractivity contribution in [2.24, 2.45) is 0 Å². The maximum absolute atomic E-state index is 12.0. The lowest BCUT2D eigenvalue weighted by Gasteiger charge is -2.08. The maximum atomic E-state index is 12.0. The minimum atomic E-state index is -0.128. The highest BCUT2D eigenvalue weighted by Gasteiger charge is 2.11. The molecule has 0 saturated carbocycles. The van der Waals surface area contributed by atoms with Crippen LogP contribution in [-0.2, 0) is 4.79 Å². The van der Waals surface area contributed by atoms with Crippen LogP contribution in [0.3, 0.4) is 0 Å². The lowest BCUT2D eigenvalue weighted by atomic mass is 10.1. The number of amides is 2. The molecule has 4 nitrogen and oxygen atoms in total. The second-order valence-electron chi connectivity index (χ2n) is 4.29. The van der Waals surface area contributed by atoms with E-state index in [9.17, 15) is 9.59 Å². The van der Waals surface area contributed by atoms with Crippen molar-refractivity contribution in [2.45, 2.75) is 26.7 Å². The SMILES string of the molecule is CCCNC(=O)CCNC(=O)c1cccc(C)c1I. The van der Waals surface area contributed by atoms with Gasteiger partial charge in [-0.15, -0.1) is 0 Å². The van der Waals surface area contributed by atoms with Gasteiger partial charge in [0.25, 0.3) is 5.91 Å². The number of nitrogens with one attached hydrogen (secondary N) is 2.